The van der Waals surface area contributed by atoms with Crippen LogP contribution in [0.2, 0.25) is 0 Å². The van der Waals surface area contributed by atoms with Crippen molar-refractivity contribution in [3.63, 3.8) is 0 Å². The number of aromatic nitrogens is 1. The minimum absolute atomic E-state index is 0.00268. The minimum Gasteiger partial charge on any atom is -0.490 e. The van der Waals surface area contributed by atoms with Crippen molar-refractivity contribution in [2.45, 2.75) is 24.5 Å². The molecule has 2 heterocycles. The summed E-state index contributed by atoms with van der Waals surface area (Å²) in [6.07, 6.45) is 1.38. The Morgan fingerprint density at radius 2 is 2.00 bits per heavy atom. The number of hydrogen-bond acceptors (Lipinski definition) is 5. The van der Waals surface area contributed by atoms with Crippen LogP contribution in [-0.2, 0) is 0 Å². The number of nitrogens with one attached hydrogen (secondary N) is 1. The molecule has 2 aromatic carbocycles. The van der Waals surface area contributed by atoms with E-state index in [4.69, 9.17) is 4.74 Å². The van der Waals surface area contributed by atoms with E-state index in [1.807, 2.05) is 41.3 Å². The van der Waals surface area contributed by atoms with Crippen molar-refractivity contribution in [3.05, 3.63) is 76.6 Å². The zero-order valence-corrected chi connectivity index (χ0v) is 16.6. The van der Waals surface area contributed by atoms with Gasteiger partial charge in [0, 0.05) is 42.6 Å². The van der Waals surface area contributed by atoms with Crippen molar-refractivity contribution in [1.29, 1.82) is 0 Å². The lowest BCUT2D eigenvalue weighted by Crippen LogP contribution is -2.37. The molecule has 5 rings (SSSR count). The molecule has 0 radical (unpaired) electrons. The van der Waals surface area contributed by atoms with E-state index in [9.17, 15) is 14.7 Å². The molecule has 154 valence electrons. The van der Waals surface area contributed by atoms with Gasteiger partial charge in [0.2, 0.25) is 5.56 Å². The number of nitrogens with zero attached hydrogens (tertiary/aromatic N) is 1. The number of ether oxygens (including phenoxy) is 1. The molecule has 1 saturated heterocycles. The van der Waals surface area contributed by atoms with Crippen LogP contribution in [0.25, 0.3) is 10.9 Å². The topological polar surface area (TPSA) is 82.6 Å². The maximum Gasteiger partial charge on any atom is 0.248 e. The second kappa shape index (κ2) is 7.38. The number of H-pyrrole nitrogens is 1. The van der Waals surface area contributed by atoms with Gasteiger partial charge in [0.15, 0.2) is 5.78 Å². The zero-order chi connectivity index (χ0) is 20.7. The number of rotatable bonds is 5. The van der Waals surface area contributed by atoms with E-state index < -0.39 is 5.60 Å². The Balaban J connectivity index is 1.22. The smallest absolute Gasteiger partial charge is 0.248 e. The highest BCUT2D eigenvalue weighted by Gasteiger charge is 2.52. The third-order valence-corrected chi connectivity index (χ3v) is 6.32. The van der Waals surface area contributed by atoms with Crippen LogP contribution in [0.1, 0.15) is 23.2 Å². The van der Waals surface area contributed by atoms with Crippen molar-refractivity contribution in [1.82, 2.24) is 9.88 Å². The van der Waals surface area contributed by atoms with Gasteiger partial charge >= 0.3 is 0 Å². The fourth-order valence-corrected chi connectivity index (χ4v) is 4.91. The fraction of sp³-hybridized carbons (Fsp3) is 0.333. The van der Waals surface area contributed by atoms with Crippen molar-refractivity contribution in [2.75, 3.05) is 19.6 Å². The van der Waals surface area contributed by atoms with Crippen LogP contribution in [0.5, 0.6) is 5.75 Å². The maximum atomic E-state index is 12.8. The third kappa shape index (κ3) is 3.64. The Hall–Kier alpha value is -2.96. The van der Waals surface area contributed by atoms with Gasteiger partial charge in [-0.25, -0.2) is 0 Å². The summed E-state index contributed by atoms with van der Waals surface area (Å²) >= 11 is 0. The SMILES string of the molecule is O=C(CN1C[C@H]2C[C@H](Oc3ccccc3)C[C@@]2(O)C1)c1ccc2[nH]c(=O)ccc2c1. The lowest BCUT2D eigenvalue weighted by Gasteiger charge is -2.23. The summed E-state index contributed by atoms with van der Waals surface area (Å²) in [5.74, 6) is 0.959. The molecule has 0 unspecified atom stereocenters. The fourth-order valence-electron chi connectivity index (χ4n) is 4.91. The number of para-hydroxylation sites is 1. The Kier molecular flexibility index (Phi) is 4.68. The van der Waals surface area contributed by atoms with Gasteiger partial charge < -0.3 is 14.8 Å². The zero-order valence-electron chi connectivity index (χ0n) is 16.6. The first-order chi connectivity index (χ1) is 14.5. The molecule has 6 heteroatoms. The average Bonchev–Trinajstić information content (AvgIpc) is 3.18. The molecule has 2 fully saturated rings. The first-order valence-electron chi connectivity index (χ1n) is 10.3. The van der Waals surface area contributed by atoms with Crippen molar-refractivity contribution in [3.8, 4) is 5.75 Å². The highest BCUT2D eigenvalue weighted by atomic mass is 16.5. The number of likely N-dealkylation sites (tertiary alicyclic amines) is 1. The van der Waals surface area contributed by atoms with E-state index in [-0.39, 0.29) is 29.9 Å². The molecule has 1 saturated carbocycles. The van der Waals surface area contributed by atoms with Gasteiger partial charge in [0.25, 0.3) is 0 Å². The van der Waals surface area contributed by atoms with Gasteiger partial charge in [-0.1, -0.05) is 18.2 Å². The number of ketones is 1. The van der Waals surface area contributed by atoms with Gasteiger partial charge in [0.1, 0.15) is 11.9 Å². The molecular formula is C24H24N2O4. The number of aliphatic hydroxyl groups is 1. The number of pyridine rings is 1. The Morgan fingerprint density at radius 1 is 1.17 bits per heavy atom. The van der Waals surface area contributed by atoms with Gasteiger partial charge in [-0.15, -0.1) is 0 Å². The van der Waals surface area contributed by atoms with Crippen LogP contribution in [0, 0.1) is 5.92 Å². The normalized spacial score (nSPS) is 26.0. The molecule has 2 aliphatic rings. The Bertz CT molecular complexity index is 1140. The van der Waals surface area contributed by atoms with Gasteiger partial charge in [0.05, 0.1) is 12.1 Å². The first kappa shape index (κ1) is 19.0. The molecule has 0 bridgehead atoms. The van der Waals surface area contributed by atoms with Crippen LogP contribution < -0.4 is 10.3 Å². The molecular weight excluding hydrogens is 380 g/mol. The van der Waals surface area contributed by atoms with Crippen LogP contribution in [0.4, 0.5) is 0 Å². The molecule has 30 heavy (non-hydrogen) atoms. The summed E-state index contributed by atoms with van der Waals surface area (Å²) in [6, 6.07) is 18.2. The largest absolute Gasteiger partial charge is 0.490 e. The molecule has 3 atom stereocenters. The Morgan fingerprint density at radius 3 is 2.80 bits per heavy atom. The average molecular weight is 404 g/mol. The predicted octanol–water partition coefficient (Wildman–Crippen LogP) is 2.62. The first-order valence-corrected chi connectivity index (χ1v) is 10.3. The molecule has 2 N–H and O–H groups in total. The summed E-state index contributed by atoms with van der Waals surface area (Å²) in [5, 5.41) is 12.0. The molecule has 1 aromatic heterocycles. The Labute approximate surface area is 174 Å². The second-order valence-corrected chi connectivity index (χ2v) is 8.51. The number of carbonyl (C=O) groups is 1. The van der Waals surface area contributed by atoms with Crippen LogP contribution in [0.15, 0.2) is 65.5 Å². The molecule has 0 amide bonds. The van der Waals surface area contributed by atoms with E-state index in [1.165, 1.54) is 6.07 Å². The number of benzene rings is 2. The highest BCUT2D eigenvalue weighted by Crippen LogP contribution is 2.43. The highest BCUT2D eigenvalue weighted by molar-refractivity contribution is 6.00. The lowest BCUT2D eigenvalue weighted by molar-refractivity contribution is 0.0222. The van der Waals surface area contributed by atoms with E-state index >= 15 is 0 Å². The maximum absolute atomic E-state index is 12.8. The summed E-state index contributed by atoms with van der Waals surface area (Å²) in [7, 11) is 0. The molecule has 6 nitrogen and oxygen atoms in total. The van der Waals surface area contributed by atoms with E-state index in [0.717, 1.165) is 17.6 Å². The van der Waals surface area contributed by atoms with E-state index in [1.54, 1.807) is 18.2 Å². The van der Waals surface area contributed by atoms with Gasteiger partial charge in [-0.3, -0.25) is 14.5 Å². The summed E-state index contributed by atoms with van der Waals surface area (Å²) in [4.78, 5) is 29.0. The summed E-state index contributed by atoms with van der Waals surface area (Å²) in [6.45, 7) is 1.45. The van der Waals surface area contributed by atoms with Gasteiger partial charge in [-0.2, -0.15) is 0 Å². The van der Waals surface area contributed by atoms with Crippen molar-refractivity contribution >= 4 is 16.7 Å². The number of carbonyl (C=O) groups excluding carboxylic acids is 1. The summed E-state index contributed by atoms with van der Waals surface area (Å²) in [5.41, 5.74) is 0.369. The lowest BCUT2D eigenvalue weighted by atomic mass is 9.95. The van der Waals surface area contributed by atoms with Gasteiger partial charge in [-0.05, 0) is 48.2 Å². The quantitative estimate of drug-likeness (QED) is 0.639. The summed E-state index contributed by atoms with van der Waals surface area (Å²) < 4.78 is 6.04. The molecule has 1 aliphatic carbocycles. The monoisotopic (exact) mass is 404 g/mol. The number of aromatic amines is 1. The number of β-amino-alcohol motifs (C(OH)–C–C–N with tert-alkyl or cyclic N) is 1. The van der Waals surface area contributed by atoms with Crippen LogP contribution >= 0.6 is 0 Å². The third-order valence-electron chi connectivity index (χ3n) is 6.32. The number of Topliss-reactive ketones (excluding diaryl/α,β-unsaturated/α-hetero) is 1. The van der Waals surface area contributed by atoms with Crippen LogP contribution in [-0.4, -0.2) is 52.1 Å². The molecule has 0 spiro atoms. The number of fused-ring (bicyclic) bond motifs is 2. The predicted molar refractivity (Wildman–Crippen MR) is 114 cm³/mol. The second-order valence-electron chi connectivity index (χ2n) is 8.51. The van der Waals surface area contributed by atoms with E-state index in [2.05, 4.69) is 4.98 Å². The van der Waals surface area contributed by atoms with Crippen molar-refractivity contribution in [2.24, 2.45) is 5.92 Å². The standard InChI is InChI=1S/C24H24N2O4/c27-22(17-6-8-21-16(10-17)7-9-23(28)25-21)14-26-13-18-11-20(12-24(18,29)15-26)30-19-4-2-1-3-5-19/h1-10,18,20,29H,11-15H2,(H,25,28)/t18-,20+,24-/m1/s1. The molecule has 3 aromatic rings. The molecule has 1 aliphatic heterocycles. The minimum atomic E-state index is -0.803. The van der Waals surface area contributed by atoms with Crippen molar-refractivity contribution < 1.29 is 14.6 Å². The van der Waals surface area contributed by atoms with E-state index in [0.29, 0.717) is 30.6 Å². The van der Waals surface area contributed by atoms with Crippen LogP contribution in [0.3, 0.4) is 0 Å². The number of hydrogen-bond donors (Lipinski definition) is 2.